The van der Waals surface area contributed by atoms with Crippen molar-refractivity contribution in [3.63, 3.8) is 0 Å². The second kappa shape index (κ2) is 6.87. The van der Waals surface area contributed by atoms with Gasteiger partial charge in [0.15, 0.2) is 0 Å². The molecule has 1 saturated heterocycles. The van der Waals surface area contributed by atoms with Crippen LogP contribution >= 0.6 is 0 Å². The molecular formula is C16H26N2O5S. The van der Waals surface area contributed by atoms with Crippen LogP contribution in [0.5, 0.6) is 5.75 Å². The Bertz CT molecular complexity index is 676. The van der Waals surface area contributed by atoms with Gasteiger partial charge in [-0.3, -0.25) is 9.45 Å². The Morgan fingerprint density at radius 1 is 1.29 bits per heavy atom. The predicted octanol–water partition coefficient (Wildman–Crippen LogP) is 1.44. The van der Waals surface area contributed by atoms with E-state index in [1.54, 1.807) is 0 Å². The molecule has 0 aliphatic carbocycles. The van der Waals surface area contributed by atoms with Crippen molar-refractivity contribution in [2.24, 2.45) is 0 Å². The molecule has 1 aromatic rings. The monoisotopic (exact) mass is 358 g/mol. The van der Waals surface area contributed by atoms with Gasteiger partial charge in [-0.2, -0.15) is 8.42 Å². The summed E-state index contributed by atoms with van der Waals surface area (Å²) in [4.78, 5) is 2.35. The first-order valence-corrected chi connectivity index (χ1v) is 9.77. The fourth-order valence-electron chi connectivity index (χ4n) is 3.20. The van der Waals surface area contributed by atoms with E-state index in [1.807, 2.05) is 32.0 Å². The minimum atomic E-state index is -3.67. The number of aliphatic hydroxyl groups excluding tert-OH is 1. The summed E-state index contributed by atoms with van der Waals surface area (Å²) < 4.78 is 31.8. The van der Waals surface area contributed by atoms with Crippen LogP contribution in [0.2, 0.25) is 0 Å². The van der Waals surface area contributed by atoms with E-state index in [4.69, 9.17) is 15.0 Å². The zero-order valence-electron chi connectivity index (χ0n) is 14.3. The molecule has 136 valence electrons. The Labute approximate surface area is 143 Å². The van der Waals surface area contributed by atoms with Crippen LogP contribution in [-0.2, 0) is 10.1 Å². The maximum Gasteiger partial charge on any atom is 0.261 e. The van der Waals surface area contributed by atoms with Gasteiger partial charge in [-0.25, -0.2) is 0 Å². The standard InChI is InChI=1S/C15H22N2O2.CH4O3S/c1-15(2)14(18)13(17-7-3-4-8-17)11-9-10(16)5-6-12(11)19-15;1-5(2,3)4/h5-6,9,13-14,18H,3-4,7-8,16H2,1-2H3;1H3,(H,2,3,4)/t13?,14-;/m0./s1. The molecule has 0 radical (unpaired) electrons. The number of aliphatic hydroxyl groups is 1. The lowest BCUT2D eigenvalue weighted by molar-refractivity contribution is -0.0894. The molecule has 1 aromatic carbocycles. The molecule has 0 spiro atoms. The van der Waals surface area contributed by atoms with Crippen LogP contribution in [0.3, 0.4) is 0 Å². The number of hydrogen-bond acceptors (Lipinski definition) is 6. The Kier molecular flexibility index (Phi) is 5.44. The molecule has 0 saturated carbocycles. The third kappa shape index (κ3) is 4.60. The van der Waals surface area contributed by atoms with Crippen molar-refractivity contribution in [2.75, 3.05) is 25.1 Å². The lowest BCUT2D eigenvalue weighted by Gasteiger charge is -2.45. The number of anilines is 1. The van der Waals surface area contributed by atoms with E-state index in [2.05, 4.69) is 4.90 Å². The Balaban J connectivity index is 0.000000368. The number of hydrogen-bond donors (Lipinski definition) is 3. The molecule has 2 atom stereocenters. The summed E-state index contributed by atoms with van der Waals surface area (Å²) in [5, 5.41) is 10.7. The first-order valence-electron chi connectivity index (χ1n) is 7.92. The van der Waals surface area contributed by atoms with Gasteiger partial charge in [0, 0.05) is 11.3 Å². The van der Waals surface area contributed by atoms with E-state index in [0.29, 0.717) is 6.26 Å². The van der Waals surface area contributed by atoms with Crippen molar-refractivity contribution in [3.8, 4) is 5.75 Å². The van der Waals surface area contributed by atoms with Crippen molar-refractivity contribution in [1.82, 2.24) is 4.90 Å². The van der Waals surface area contributed by atoms with Gasteiger partial charge < -0.3 is 15.6 Å². The Hall–Kier alpha value is -1.35. The number of ether oxygens (including phenoxy) is 1. The minimum absolute atomic E-state index is 0.00949. The number of benzene rings is 1. The fraction of sp³-hybridized carbons (Fsp3) is 0.625. The number of nitrogen functional groups attached to an aromatic ring is 1. The van der Waals surface area contributed by atoms with E-state index in [0.717, 1.165) is 30.1 Å². The molecule has 7 nitrogen and oxygen atoms in total. The molecule has 8 heteroatoms. The van der Waals surface area contributed by atoms with Crippen LogP contribution in [0, 0.1) is 0 Å². The maximum atomic E-state index is 10.7. The molecule has 0 amide bonds. The van der Waals surface area contributed by atoms with E-state index in [9.17, 15) is 13.5 Å². The highest BCUT2D eigenvalue weighted by Gasteiger charge is 2.45. The number of likely N-dealkylation sites (tertiary alicyclic amines) is 1. The highest BCUT2D eigenvalue weighted by atomic mass is 32.2. The number of fused-ring (bicyclic) bond motifs is 1. The summed E-state index contributed by atoms with van der Waals surface area (Å²) in [5.74, 6) is 0.849. The molecule has 2 aliphatic rings. The van der Waals surface area contributed by atoms with Gasteiger partial charge in [0.05, 0.1) is 12.3 Å². The minimum Gasteiger partial charge on any atom is -0.485 e. The van der Waals surface area contributed by atoms with Gasteiger partial charge in [-0.15, -0.1) is 0 Å². The summed E-state index contributed by atoms with van der Waals surface area (Å²) in [6, 6.07) is 5.70. The summed E-state index contributed by atoms with van der Waals surface area (Å²) >= 11 is 0. The highest BCUT2D eigenvalue weighted by molar-refractivity contribution is 7.85. The molecule has 24 heavy (non-hydrogen) atoms. The van der Waals surface area contributed by atoms with E-state index in [-0.39, 0.29) is 6.04 Å². The molecule has 4 N–H and O–H groups in total. The quantitative estimate of drug-likeness (QED) is 0.514. The summed E-state index contributed by atoms with van der Waals surface area (Å²) in [7, 11) is -3.67. The fourth-order valence-corrected chi connectivity index (χ4v) is 3.20. The molecule has 0 bridgehead atoms. The lowest BCUT2D eigenvalue weighted by Crippen LogP contribution is -2.53. The average Bonchev–Trinajstić information content (AvgIpc) is 2.92. The SMILES string of the molecule is CC1(C)Oc2ccc(N)cc2C(N2CCCC2)[C@@H]1O.CS(=O)(=O)O. The summed E-state index contributed by atoms with van der Waals surface area (Å²) in [6.07, 6.45) is 2.57. The molecule has 3 rings (SSSR count). The number of nitrogens with two attached hydrogens (primary N) is 1. The third-order valence-electron chi connectivity index (χ3n) is 4.27. The summed E-state index contributed by atoms with van der Waals surface area (Å²) in [5.41, 5.74) is 7.07. The van der Waals surface area contributed by atoms with Crippen molar-refractivity contribution < 1.29 is 22.8 Å². The van der Waals surface area contributed by atoms with Crippen molar-refractivity contribution in [3.05, 3.63) is 23.8 Å². The highest BCUT2D eigenvalue weighted by Crippen LogP contribution is 2.44. The maximum absolute atomic E-state index is 10.7. The molecule has 1 fully saturated rings. The van der Waals surface area contributed by atoms with Gasteiger partial charge in [-0.1, -0.05) is 0 Å². The Morgan fingerprint density at radius 3 is 2.38 bits per heavy atom. The lowest BCUT2D eigenvalue weighted by atomic mass is 9.85. The van der Waals surface area contributed by atoms with Crippen LogP contribution in [0.4, 0.5) is 5.69 Å². The van der Waals surface area contributed by atoms with Crippen LogP contribution in [0.25, 0.3) is 0 Å². The molecule has 0 aromatic heterocycles. The van der Waals surface area contributed by atoms with Crippen LogP contribution in [0.1, 0.15) is 38.3 Å². The van der Waals surface area contributed by atoms with Gasteiger partial charge in [0.2, 0.25) is 0 Å². The van der Waals surface area contributed by atoms with Crippen LogP contribution in [0.15, 0.2) is 18.2 Å². The zero-order chi connectivity index (χ0) is 18.1. The van der Waals surface area contributed by atoms with Gasteiger partial charge >= 0.3 is 0 Å². The largest absolute Gasteiger partial charge is 0.485 e. The van der Waals surface area contributed by atoms with E-state index < -0.39 is 21.8 Å². The van der Waals surface area contributed by atoms with E-state index in [1.165, 1.54) is 12.8 Å². The molecule has 2 heterocycles. The van der Waals surface area contributed by atoms with Gasteiger partial charge in [-0.05, 0) is 58.0 Å². The number of nitrogens with zero attached hydrogens (tertiary/aromatic N) is 1. The van der Waals surface area contributed by atoms with Crippen molar-refractivity contribution in [2.45, 2.75) is 44.4 Å². The normalized spacial score (nSPS) is 26.0. The second-order valence-corrected chi connectivity index (χ2v) is 8.33. The summed E-state index contributed by atoms with van der Waals surface area (Å²) in [6.45, 7) is 5.96. The first kappa shape index (κ1) is 19.0. The van der Waals surface area contributed by atoms with Gasteiger partial charge in [0.1, 0.15) is 17.5 Å². The first-order chi connectivity index (χ1) is 11.0. The van der Waals surface area contributed by atoms with E-state index >= 15 is 0 Å². The second-order valence-electron chi connectivity index (χ2n) is 6.87. The third-order valence-corrected chi connectivity index (χ3v) is 4.27. The predicted molar refractivity (Wildman–Crippen MR) is 92.6 cm³/mol. The average molecular weight is 358 g/mol. The topological polar surface area (TPSA) is 113 Å². The van der Waals surface area contributed by atoms with Crippen LogP contribution in [-0.4, -0.2) is 54.0 Å². The number of rotatable bonds is 1. The van der Waals surface area contributed by atoms with Crippen molar-refractivity contribution >= 4 is 15.8 Å². The smallest absolute Gasteiger partial charge is 0.261 e. The van der Waals surface area contributed by atoms with Gasteiger partial charge in [0.25, 0.3) is 10.1 Å². The molecule has 1 unspecified atom stereocenters. The molecule has 2 aliphatic heterocycles. The Morgan fingerprint density at radius 2 is 1.83 bits per heavy atom. The molecular weight excluding hydrogens is 332 g/mol. The zero-order valence-corrected chi connectivity index (χ0v) is 15.1. The van der Waals surface area contributed by atoms with Crippen molar-refractivity contribution in [1.29, 1.82) is 0 Å². The van der Waals surface area contributed by atoms with Crippen LogP contribution < -0.4 is 10.5 Å².